The smallest absolute Gasteiger partial charge is 0.410 e. The maximum Gasteiger partial charge on any atom is 0.410 e. The van der Waals surface area contributed by atoms with Crippen molar-refractivity contribution in [3.8, 4) is 0 Å². The number of aromatic nitrogens is 1. The van der Waals surface area contributed by atoms with Crippen LogP contribution in [0.2, 0.25) is 0 Å². The molecule has 7 nitrogen and oxygen atoms in total. The Morgan fingerprint density at radius 2 is 1.96 bits per heavy atom. The van der Waals surface area contributed by atoms with Crippen molar-refractivity contribution < 1.29 is 18.7 Å². The van der Waals surface area contributed by atoms with Gasteiger partial charge in [0, 0.05) is 51.5 Å². The standard InChI is InChI=1S/C19H23FN4O3/c20-14-3-4-16(21-11-14)22-7-5-19(6-8-22)15-12-23(17(25)13-1-2-13)9-10-24(15)18(26)27-19/h3-4,11,13,15H,1-2,5-10,12H2. The van der Waals surface area contributed by atoms with Gasteiger partial charge in [-0.25, -0.2) is 14.2 Å². The first-order chi connectivity index (χ1) is 13.1. The molecule has 3 saturated heterocycles. The van der Waals surface area contributed by atoms with Crippen LogP contribution in [-0.2, 0) is 9.53 Å². The molecule has 3 aliphatic heterocycles. The average Bonchev–Trinajstić information content (AvgIpc) is 3.50. The molecule has 0 bridgehead atoms. The number of rotatable bonds is 2. The van der Waals surface area contributed by atoms with Gasteiger partial charge >= 0.3 is 6.09 Å². The summed E-state index contributed by atoms with van der Waals surface area (Å²) in [6.45, 7) is 3.09. The van der Waals surface area contributed by atoms with Crippen LogP contribution in [-0.4, -0.2) is 71.2 Å². The number of carbonyl (C=O) groups is 2. The van der Waals surface area contributed by atoms with E-state index >= 15 is 0 Å². The van der Waals surface area contributed by atoms with E-state index in [1.165, 1.54) is 12.3 Å². The maximum absolute atomic E-state index is 13.1. The number of carbonyl (C=O) groups excluding carboxylic acids is 2. The van der Waals surface area contributed by atoms with Crippen LogP contribution in [0.25, 0.3) is 0 Å². The first kappa shape index (κ1) is 16.8. The van der Waals surface area contributed by atoms with Crippen molar-refractivity contribution in [2.24, 2.45) is 5.92 Å². The van der Waals surface area contributed by atoms with E-state index in [9.17, 15) is 14.0 Å². The highest BCUT2D eigenvalue weighted by atomic mass is 19.1. The monoisotopic (exact) mass is 374 g/mol. The SMILES string of the molecule is O=C(C1CC1)N1CCN2C(=O)OC3(CCN(c4ccc(F)cn4)CC3)C2C1. The molecule has 5 rings (SSSR count). The van der Waals surface area contributed by atoms with Gasteiger partial charge in [-0.05, 0) is 25.0 Å². The Kier molecular flexibility index (Phi) is 3.77. The molecule has 1 spiro atoms. The summed E-state index contributed by atoms with van der Waals surface area (Å²) < 4.78 is 19.0. The lowest BCUT2D eigenvalue weighted by Crippen LogP contribution is -2.61. The number of fused-ring (bicyclic) bond motifs is 2. The molecule has 0 aromatic carbocycles. The Bertz CT molecular complexity index is 759. The Morgan fingerprint density at radius 3 is 2.63 bits per heavy atom. The van der Waals surface area contributed by atoms with Crippen molar-refractivity contribution in [3.63, 3.8) is 0 Å². The summed E-state index contributed by atoms with van der Waals surface area (Å²) in [6.07, 6.45) is 4.31. The zero-order chi connectivity index (χ0) is 18.6. The lowest BCUT2D eigenvalue weighted by atomic mass is 9.83. The Balaban J connectivity index is 1.31. The molecule has 8 heteroatoms. The predicted molar refractivity (Wildman–Crippen MR) is 94.7 cm³/mol. The highest BCUT2D eigenvalue weighted by molar-refractivity contribution is 5.82. The van der Waals surface area contributed by atoms with Crippen molar-refractivity contribution in [3.05, 3.63) is 24.1 Å². The number of hydrogen-bond donors (Lipinski definition) is 0. The maximum atomic E-state index is 13.1. The second-order valence-electron chi connectivity index (χ2n) is 8.02. The Morgan fingerprint density at radius 1 is 1.19 bits per heavy atom. The number of ether oxygens (including phenoxy) is 1. The van der Waals surface area contributed by atoms with Crippen LogP contribution in [0.3, 0.4) is 0 Å². The topological polar surface area (TPSA) is 66.0 Å². The van der Waals surface area contributed by atoms with Crippen LogP contribution in [0.5, 0.6) is 0 Å². The van der Waals surface area contributed by atoms with Crippen molar-refractivity contribution in [1.29, 1.82) is 0 Å². The number of piperazine rings is 1. The van der Waals surface area contributed by atoms with Gasteiger partial charge in [0.1, 0.15) is 17.2 Å². The summed E-state index contributed by atoms with van der Waals surface area (Å²) >= 11 is 0. The number of pyridine rings is 1. The molecule has 1 unspecified atom stereocenters. The van der Waals surface area contributed by atoms with Crippen LogP contribution in [0, 0.1) is 11.7 Å². The molecule has 1 saturated carbocycles. The predicted octanol–water partition coefficient (Wildman–Crippen LogP) is 1.63. The summed E-state index contributed by atoms with van der Waals surface area (Å²) in [5, 5.41) is 0. The number of piperidine rings is 1. The van der Waals surface area contributed by atoms with E-state index in [1.807, 2.05) is 9.80 Å². The summed E-state index contributed by atoms with van der Waals surface area (Å²) in [5.74, 6) is 0.811. The number of halogens is 1. The minimum absolute atomic E-state index is 0.0789. The van der Waals surface area contributed by atoms with Gasteiger partial charge in [-0.3, -0.25) is 9.69 Å². The zero-order valence-electron chi connectivity index (χ0n) is 15.1. The van der Waals surface area contributed by atoms with Gasteiger partial charge in [-0.1, -0.05) is 0 Å². The third-order valence-electron chi connectivity index (χ3n) is 6.40. The van der Waals surface area contributed by atoms with Crippen LogP contribution >= 0.6 is 0 Å². The third kappa shape index (κ3) is 2.82. The van der Waals surface area contributed by atoms with Crippen molar-refractivity contribution in [2.75, 3.05) is 37.6 Å². The van der Waals surface area contributed by atoms with Gasteiger partial charge in [0.25, 0.3) is 0 Å². The van der Waals surface area contributed by atoms with Crippen molar-refractivity contribution in [2.45, 2.75) is 37.3 Å². The van der Waals surface area contributed by atoms with E-state index in [1.54, 1.807) is 6.07 Å². The van der Waals surface area contributed by atoms with E-state index in [2.05, 4.69) is 9.88 Å². The molecule has 1 atom stereocenters. The molecular weight excluding hydrogens is 351 g/mol. The van der Waals surface area contributed by atoms with Gasteiger partial charge in [0.2, 0.25) is 5.91 Å². The van der Waals surface area contributed by atoms with Gasteiger partial charge in [0.05, 0.1) is 12.2 Å². The lowest BCUT2D eigenvalue weighted by Gasteiger charge is -2.45. The van der Waals surface area contributed by atoms with Gasteiger partial charge in [-0.2, -0.15) is 0 Å². The van der Waals surface area contributed by atoms with Crippen LogP contribution < -0.4 is 4.90 Å². The van der Waals surface area contributed by atoms with Crippen LogP contribution in [0.15, 0.2) is 18.3 Å². The average molecular weight is 374 g/mol. The summed E-state index contributed by atoms with van der Waals surface area (Å²) in [5.41, 5.74) is -0.546. The van der Waals surface area contributed by atoms with E-state index in [4.69, 9.17) is 4.74 Å². The molecule has 0 N–H and O–H groups in total. The molecule has 4 aliphatic rings. The fourth-order valence-electron chi connectivity index (χ4n) is 4.65. The Labute approximate surface area is 157 Å². The molecule has 4 heterocycles. The molecule has 4 fully saturated rings. The fourth-order valence-corrected chi connectivity index (χ4v) is 4.65. The summed E-state index contributed by atoms with van der Waals surface area (Å²) in [6, 6.07) is 3.01. The van der Waals surface area contributed by atoms with E-state index in [0.29, 0.717) is 45.6 Å². The molecule has 27 heavy (non-hydrogen) atoms. The first-order valence-electron chi connectivity index (χ1n) is 9.71. The molecule has 144 valence electrons. The van der Waals surface area contributed by atoms with Gasteiger partial charge < -0.3 is 14.5 Å². The second-order valence-corrected chi connectivity index (χ2v) is 8.02. The van der Waals surface area contributed by atoms with Crippen molar-refractivity contribution in [1.82, 2.24) is 14.8 Å². The minimum atomic E-state index is -0.546. The number of hydrogen-bond acceptors (Lipinski definition) is 5. The molecule has 0 radical (unpaired) electrons. The quantitative estimate of drug-likeness (QED) is 0.787. The first-order valence-corrected chi connectivity index (χ1v) is 9.71. The van der Waals surface area contributed by atoms with E-state index in [-0.39, 0.29) is 29.8 Å². The molecule has 1 aromatic rings. The second kappa shape index (κ2) is 6.07. The molecule has 2 amide bonds. The van der Waals surface area contributed by atoms with Crippen LogP contribution in [0.4, 0.5) is 15.0 Å². The largest absolute Gasteiger partial charge is 0.440 e. The van der Waals surface area contributed by atoms with Crippen LogP contribution in [0.1, 0.15) is 25.7 Å². The molecular formula is C19H23FN4O3. The zero-order valence-corrected chi connectivity index (χ0v) is 15.1. The molecule has 1 aromatic heterocycles. The summed E-state index contributed by atoms with van der Waals surface area (Å²) in [7, 11) is 0. The van der Waals surface area contributed by atoms with E-state index in [0.717, 1.165) is 18.7 Å². The van der Waals surface area contributed by atoms with E-state index < -0.39 is 5.60 Å². The number of amides is 2. The normalized spacial score (nSPS) is 26.9. The number of anilines is 1. The lowest BCUT2D eigenvalue weighted by molar-refractivity contribution is -0.135. The minimum Gasteiger partial charge on any atom is -0.440 e. The highest BCUT2D eigenvalue weighted by Crippen LogP contribution is 2.41. The Hall–Kier alpha value is -2.38. The van der Waals surface area contributed by atoms with Gasteiger partial charge in [0.15, 0.2) is 0 Å². The fraction of sp³-hybridized carbons (Fsp3) is 0.632. The highest BCUT2D eigenvalue weighted by Gasteiger charge is 2.57. The number of nitrogens with zero attached hydrogens (tertiary/aromatic N) is 4. The molecule has 1 aliphatic carbocycles. The third-order valence-corrected chi connectivity index (χ3v) is 6.40. The summed E-state index contributed by atoms with van der Waals surface area (Å²) in [4.78, 5) is 34.9. The van der Waals surface area contributed by atoms with Crippen molar-refractivity contribution >= 4 is 17.8 Å². The van der Waals surface area contributed by atoms with Gasteiger partial charge in [-0.15, -0.1) is 0 Å².